The Balaban J connectivity index is 0.00000182. The number of nitrogens with one attached hydrogen (secondary N) is 1. The molecule has 0 amide bonds. The van der Waals surface area contributed by atoms with Crippen LogP contribution in [0.1, 0.15) is 5.56 Å². The SMILES string of the molecule is Cl.Fc1cc(C(F)(F)F)cc2c1nc(N1CCNCC1)c1nnnn12. The van der Waals surface area contributed by atoms with Crippen LogP contribution in [0.5, 0.6) is 0 Å². The monoisotopic (exact) mass is 377 g/mol. The first-order valence-corrected chi connectivity index (χ1v) is 7.19. The molecule has 3 aromatic rings. The number of piperazine rings is 1. The number of anilines is 1. The molecule has 134 valence electrons. The molecular formula is C13H12ClF4N7. The minimum Gasteiger partial charge on any atom is -0.351 e. The first kappa shape index (κ1) is 17.5. The van der Waals surface area contributed by atoms with Crippen molar-refractivity contribution in [3.05, 3.63) is 23.5 Å². The third-order valence-corrected chi connectivity index (χ3v) is 3.90. The Morgan fingerprint density at radius 2 is 1.84 bits per heavy atom. The van der Waals surface area contributed by atoms with Crippen LogP contribution in [0, 0.1) is 5.82 Å². The topological polar surface area (TPSA) is 71.2 Å². The van der Waals surface area contributed by atoms with Gasteiger partial charge in [-0.15, -0.1) is 17.5 Å². The Morgan fingerprint density at radius 1 is 1.12 bits per heavy atom. The number of tetrazole rings is 1. The fourth-order valence-corrected chi connectivity index (χ4v) is 2.75. The average Bonchev–Trinajstić information content (AvgIpc) is 3.04. The maximum Gasteiger partial charge on any atom is 0.416 e. The van der Waals surface area contributed by atoms with Crippen molar-refractivity contribution in [2.24, 2.45) is 0 Å². The first-order valence-electron chi connectivity index (χ1n) is 7.19. The summed E-state index contributed by atoms with van der Waals surface area (Å²) in [5.41, 5.74) is -1.23. The number of benzene rings is 1. The quantitative estimate of drug-likeness (QED) is 0.650. The van der Waals surface area contributed by atoms with E-state index in [0.29, 0.717) is 38.1 Å². The van der Waals surface area contributed by atoms with Crippen LogP contribution in [0.25, 0.3) is 16.7 Å². The average molecular weight is 378 g/mol. The molecule has 0 aliphatic carbocycles. The Hall–Kier alpha value is -2.27. The minimum absolute atomic E-state index is 0. The summed E-state index contributed by atoms with van der Waals surface area (Å²) in [7, 11) is 0. The molecule has 0 bridgehead atoms. The van der Waals surface area contributed by atoms with E-state index in [4.69, 9.17) is 0 Å². The molecule has 1 saturated heterocycles. The molecule has 1 N–H and O–H groups in total. The summed E-state index contributed by atoms with van der Waals surface area (Å²) in [4.78, 5) is 6.09. The number of fused-ring (bicyclic) bond motifs is 3. The van der Waals surface area contributed by atoms with Gasteiger partial charge in [-0.25, -0.2) is 9.37 Å². The number of aromatic nitrogens is 5. The Bertz CT molecular complexity index is 920. The lowest BCUT2D eigenvalue weighted by atomic mass is 10.1. The van der Waals surface area contributed by atoms with Crippen LogP contribution in [-0.4, -0.2) is 51.2 Å². The van der Waals surface area contributed by atoms with Crippen LogP contribution >= 0.6 is 12.4 Å². The third-order valence-electron chi connectivity index (χ3n) is 3.90. The zero-order valence-electron chi connectivity index (χ0n) is 12.6. The van der Waals surface area contributed by atoms with Gasteiger partial charge in [-0.3, -0.25) is 0 Å². The molecule has 1 aliphatic rings. The van der Waals surface area contributed by atoms with E-state index in [2.05, 4.69) is 25.8 Å². The zero-order chi connectivity index (χ0) is 16.9. The van der Waals surface area contributed by atoms with Crippen LogP contribution in [-0.2, 0) is 6.18 Å². The molecule has 1 aliphatic heterocycles. The summed E-state index contributed by atoms with van der Waals surface area (Å²) < 4.78 is 54.2. The summed E-state index contributed by atoms with van der Waals surface area (Å²) in [6, 6.07) is 1.24. The molecule has 0 atom stereocenters. The molecule has 3 heterocycles. The fraction of sp³-hybridized carbons (Fsp3) is 0.385. The number of alkyl halides is 3. The third kappa shape index (κ3) is 2.93. The van der Waals surface area contributed by atoms with Crippen molar-refractivity contribution in [2.45, 2.75) is 6.18 Å². The lowest BCUT2D eigenvalue weighted by molar-refractivity contribution is -0.137. The Morgan fingerprint density at radius 3 is 2.52 bits per heavy atom. The lowest BCUT2D eigenvalue weighted by Gasteiger charge is -2.28. The lowest BCUT2D eigenvalue weighted by Crippen LogP contribution is -2.44. The minimum atomic E-state index is -4.67. The van der Waals surface area contributed by atoms with E-state index in [0.717, 1.165) is 10.6 Å². The van der Waals surface area contributed by atoms with Gasteiger partial charge in [0.1, 0.15) is 5.52 Å². The van der Waals surface area contributed by atoms with E-state index in [9.17, 15) is 17.6 Å². The van der Waals surface area contributed by atoms with Gasteiger partial charge in [0.2, 0.25) is 5.65 Å². The van der Waals surface area contributed by atoms with Gasteiger partial charge >= 0.3 is 6.18 Å². The van der Waals surface area contributed by atoms with Crippen LogP contribution in [0.2, 0.25) is 0 Å². The second-order valence-corrected chi connectivity index (χ2v) is 5.41. The highest BCUT2D eigenvalue weighted by molar-refractivity contribution is 5.85. The van der Waals surface area contributed by atoms with Crippen molar-refractivity contribution < 1.29 is 17.6 Å². The maximum absolute atomic E-state index is 14.3. The largest absolute Gasteiger partial charge is 0.416 e. The molecular weight excluding hydrogens is 366 g/mol. The molecule has 25 heavy (non-hydrogen) atoms. The summed E-state index contributed by atoms with van der Waals surface area (Å²) in [5, 5.41) is 14.2. The van der Waals surface area contributed by atoms with E-state index in [1.807, 2.05) is 4.90 Å². The Labute approximate surface area is 144 Å². The molecule has 12 heteroatoms. The van der Waals surface area contributed by atoms with Crippen molar-refractivity contribution in [1.29, 1.82) is 0 Å². The summed E-state index contributed by atoms with van der Waals surface area (Å²) in [5.74, 6) is -0.707. The predicted molar refractivity (Wildman–Crippen MR) is 83.4 cm³/mol. The van der Waals surface area contributed by atoms with E-state index in [1.54, 1.807) is 0 Å². The van der Waals surface area contributed by atoms with Gasteiger partial charge in [-0.2, -0.15) is 17.7 Å². The fourth-order valence-electron chi connectivity index (χ4n) is 2.75. The molecule has 0 radical (unpaired) electrons. The maximum atomic E-state index is 14.3. The van der Waals surface area contributed by atoms with Crippen LogP contribution in [0.15, 0.2) is 12.1 Å². The van der Waals surface area contributed by atoms with Crippen molar-refractivity contribution in [3.8, 4) is 0 Å². The molecule has 1 aromatic carbocycles. The summed E-state index contributed by atoms with van der Waals surface area (Å²) >= 11 is 0. The highest BCUT2D eigenvalue weighted by Gasteiger charge is 2.33. The smallest absolute Gasteiger partial charge is 0.351 e. The summed E-state index contributed by atoms with van der Waals surface area (Å²) in [6.45, 7) is 2.65. The molecule has 2 aromatic heterocycles. The summed E-state index contributed by atoms with van der Waals surface area (Å²) in [6.07, 6.45) is -4.67. The normalized spacial score (nSPS) is 15.6. The van der Waals surface area contributed by atoms with E-state index in [1.165, 1.54) is 0 Å². The van der Waals surface area contributed by atoms with Crippen molar-refractivity contribution >= 4 is 34.9 Å². The van der Waals surface area contributed by atoms with Crippen LogP contribution < -0.4 is 10.2 Å². The van der Waals surface area contributed by atoms with Gasteiger partial charge < -0.3 is 10.2 Å². The second-order valence-electron chi connectivity index (χ2n) is 5.41. The molecule has 0 saturated carbocycles. The van der Waals surface area contributed by atoms with E-state index >= 15 is 0 Å². The second kappa shape index (κ2) is 6.23. The van der Waals surface area contributed by atoms with Gasteiger partial charge in [0.05, 0.1) is 11.1 Å². The number of halogens is 5. The van der Waals surface area contributed by atoms with Gasteiger partial charge in [-0.1, -0.05) is 0 Å². The van der Waals surface area contributed by atoms with Gasteiger partial charge in [0.15, 0.2) is 11.6 Å². The number of hydrogen-bond donors (Lipinski definition) is 1. The first-order chi connectivity index (χ1) is 11.4. The van der Waals surface area contributed by atoms with E-state index < -0.39 is 17.6 Å². The zero-order valence-corrected chi connectivity index (χ0v) is 13.4. The molecule has 7 nitrogen and oxygen atoms in total. The standard InChI is InChI=1S/C13H11F4N7.ClH/c14-8-5-7(13(15,16)17)6-9-10(8)19-11(12-20-21-22-24(9)12)23-3-1-18-2-4-23;/h5-6,18H,1-4H2;1H. The van der Waals surface area contributed by atoms with Gasteiger partial charge in [0, 0.05) is 26.2 Å². The molecule has 4 rings (SSSR count). The number of hydrogen-bond acceptors (Lipinski definition) is 6. The van der Waals surface area contributed by atoms with Crippen LogP contribution in [0.3, 0.4) is 0 Å². The van der Waals surface area contributed by atoms with Crippen molar-refractivity contribution in [1.82, 2.24) is 30.3 Å². The number of nitrogens with zero attached hydrogens (tertiary/aromatic N) is 6. The van der Waals surface area contributed by atoms with Gasteiger partial charge in [0.25, 0.3) is 0 Å². The van der Waals surface area contributed by atoms with Crippen LogP contribution in [0.4, 0.5) is 23.4 Å². The highest BCUT2D eigenvalue weighted by atomic mass is 35.5. The highest BCUT2D eigenvalue weighted by Crippen LogP contribution is 2.33. The predicted octanol–water partition coefficient (Wildman–Crippen LogP) is 1.66. The number of rotatable bonds is 1. The van der Waals surface area contributed by atoms with Gasteiger partial charge in [-0.05, 0) is 22.6 Å². The molecule has 0 unspecified atom stereocenters. The van der Waals surface area contributed by atoms with Crippen molar-refractivity contribution in [3.63, 3.8) is 0 Å². The molecule has 0 spiro atoms. The van der Waals surface area contributed by atoms with Crippen molar-refractivity contribution in [2.75, 3.05) is 31.1 Å². The Kier molecular flexibility index (Phi) is 4.37. The molecule has 1 fully saturated rings. The van der Waals surface area contributed by atoms with E-state index in [-0.39, 0.29) is 29.1 Å².